The first-order valence-electron chi connectivity index (χ1n) is 17.3. The summed E-state index contributed by atoms with van der Waals surface area (Å²) >= 11 is 1.90. The number of aromatic nitrogens is 3. The van der Waals surface area contributed by atoms with Gasteiger partial charge in [-0.3, -0.25) is 0 Å². The van der Waals surface area contributed by atoms with Crippen molar-refractivity contribution in [3.63, 3.8) is 0 Å². The maximum Gasteiger partial charge on any atom is 0.164 e. The highest BCUT2D eigenvalue weighted by Gasteiger charge is 2.45. The van der Waals surface area contributed by atoms with Crippen molar-refractivity contribution in [1.29, 1.82) is 0 Å². The van der Waals surface area contributed by atoms with E-state index in [1.807, 2.05) is 47.7 Å². The molecule has 0 bridgehead atoms. The molecule has 0 saturated heterocycles. The second kappa shape index (κ2) is 11.3. The second-order valence-corrected chi connectivity index (χ2v) is 14.5. The first-order valence-corrected chi connectivity index (χ1v) is 18.1. The molecule has 0 atom stereocenters. The van der Waals surface area contributed by atoms with Crippen molar-refractivity contribution >= 4 is 31.5 Å². The first kappa shape index (κ1) is 28.6. The average molecular weight is 648 g/mol. The molecule has 0 radical (unpaired) electrons. The number of hydrogen-bond donors (Lipinski definition) is 0. The Morgan fingerprint density at radius 2 is 1.02 bits per heavy atom. The van der Waals surface area contributed by atoms with Crippen LogP contribution in [-0.2, 0) is 5.41 Å². The highest BCUT2D eigenvalue weighted by molar-refractivity contribution is 7.26. The van der Waals surface area contributed by atoms with Crippen molar-refractivity contribution in [2.24, 2.45) is 0 Å². The Morgan fingerprint density at radius 3 is 1.73 bits per heavy atom. The van der Waals surface area contributed by atoms with Crippen LogP contribution in [0, 0.1) is 0 Å². The fraction of sp³-hybridized carbons (Fsp3) is 0.133. The van der Waals surface area contributed by atoms with E-state index in [2.05, 4.69) is 103 Å². The Hall–Kier alpha value is -5.45. The van der Waals surface area contributed by atoms with Crippen LogP contribution in [0.5, 0.6) is 0 Å². The molecular weight excluding hydrogens is 615 g/mol. The third kappa shape index (κ3) is 4.51. The number of fused-ring (bicyclic) bond motifs is 8. The summed E-state index contributed by atoms with van der Waals surface area (Å²) in [6.07, 6.45) is 6.35. The minimum atomic E-state index is 0.0956. The smallest absolute Gasteiger partial charge is 0.164 e. The van der Waals surface area contributed by atoms with Crippen LogP contribution in [0.1, 0.15) is 43.2 Å². The van der Waals surface area contributed by atoms with Gasteiger partial charge in [-0.25, -0.2) is 15.0 Å². The van der Waals surface area contributed by atoms with Crippen molar-refractivity contribution in [2.75, 3.05) is 0 Å². The third-order valence-corrected chi connectivity index (χ3v) is 11.9. The predicted octanol–water partition coefficient (Wildman–Crippen LogP) is 12.1. The Balaban J connectivity index is 1.15. The molecule has 0 unspecified atom stereocenters. The molecule has 6 aromatic carbocycles. The number of benzene rings is 6. The lowest BCUT2D eigenvalue weighted by atomic mass is 9.66. The zero-order valence-corrected chi connectivity index (χ0v) is 27.9. The zero-order valence-electron chi connectivity index (χ0n) is 27.1. The van der Waals surface area contributed by atoms with Gasteiger partial charge in [-0.05, 0) is 64.4 Å². The van der Waals surface area contributed by atoms with Crippen molar-refractivity contribution in [2.45, 2.75) is 37.5 Å². The first-order chi connectivity index (χ1) is 24.3. The summed E-state index contributed by atoms with van der Waals surface area (Å²) < 4.78 is 2.62. The van der Waals surface area contributed by atoms with Crippen LogP contribution in [-0.4, -0.2) is 15.0 Å². The number of hydrogen-bond acceptors (Lipinski definition) is 4. The van der Waals surface area contributed by atoms with Crippen molar-refractivity contribution in [1.82, 2.24) is 15.0 Å². The van der Waals surface area contributed by atoms with Crippen LogP contribution in [0.25, 0.3) is 76.6 Å². The Morgan fingerprint density at radius 1 is 0.449 bits per heavy atom. The zero-order chi connectivity index (χ0) is 32.4. The van der Waals surface area contributed by atoms with E-state index in [1.54, 1.807) is 5.56 Å². The topological polar surface area (TPSA) is 38.7 Å². The van der Waals surface area contributed by atoms with Gasteiger partial charge >= 0.3 is 0 Å². The normalized spacial score (nSPS) is 14.7. The predicted molar refractivity (Wildman–Crippen MR) is 204 cm³/mol. The van der Waals surface area contributed by atoms with Gasteiger partial charge in [0, 0.05) is 42.3 Å². The van der Waals surface area contributed by atoms with Crippen molar-refractivity contribution in [3.8, 4) is 56.4 Å². The van der Waals surface area contributed by atoms with Gasteiger partial charge < -0.3 is 0 Å². The van der Waals surface area contributed by atoms with Gasteiger partial charge in [0.2, 0.25) is 0 Å². The van der Waals surface area contributed by atoms with Gasteiger partial charge in [-0.15, -0.1) is 11.3 Å². The molecule has 49 heavy (non-hydrogen) atoms. The minimum absolute atomic E-state index is 0.0956. The van der Waals surface area contributed by atoms with E-state index in [0.29, 0.717) is 17.5 Å². The monoisotopic (exact) mass is 647 g/mol. The molecule has 1 fully saturated rings. The van der Waals surface area contributed by atoms with Gasteiger partial charge in [-0.2, -0.15) is 0 Å². The van der Waals surface area contributed by atoms with Gasteiger partial charge in [0.1, 0.15) is 0 Å². The molecule has 1 saturated carbocycles. The minimum Gasteiger partial charge on any atom is -0.208 e. The van der Waals surface area contributed by atoms with E-state index in [4.69, 9.17) is 15.0 Å². The average Bonchev–Trinajstić information content (AvgIpc) is 3.69. The summed E-state index contributed by atoms with van der Waals surface area (Å²) in [4.78, 5) is 15.0. The number of nitrogens with zero attached hydrogens (tertiary/aromatic N) is 3. The molecule has 3 nitrogen and oxygen atoms in total. The van der Waals surface area contributed by atoms with E-state index in [-0.39, 0.29) is 5.41 Å². The van der Waals surface area contributed by atoms with Gasteiger partial charge in [0.25, 0.3) is 0 Å². The Kier molecular flexibility index (Phi) is 6.60. The summed E-state index contributed by atoms with van der Waals surface area (Å²) in [7, 11) is 0. The molecule has 0 amide bonds. The fourth-order valence-electron chi connectivity index (χ4n) is 8.55. The fourth-order valence-corrected chi connectivity index (χ4v) is 9.76. The second-order valence-electron chi connectivity index (χ2n) is 13.5. The number of thiophene rings is 1. The van der Waals surface area contributed by atoms with Gasteiger partial charge in [0.05, 0.1) is 0 Å². The maximum absolute atomic E-state index is 5.02. The third-order valence-electron chi connectivity index (χ3n) is 10.7. The number of rotatable bonds is 4. The molecule has 234 valence electrons. The van der Waals surface area contributed by atoms with Crippen LogP contribution >= 0.6 is 11.3 Å². The van der Waals surface area contributed by atoms with Gasteiger partial charge in [-0.1, -0.05) is 141 Å². The molecule has 2 aliphatic rings. The maximum atomic E-state index is 5.02. The quantitative estimate of drug-likeness (QED) is 0.191. The highest BCUT2D eigenvalue weighted by atomic mass is 32.1. The molecule has 10 rings (SSSR count). The molecule has 2 heterocycles. The standard InChI is InChI=1S/C45H33N3S/c1-4-14-29(15-5-1)42-46-43(30-16-6-2-7-17-30)48-44(47-42)31-24-25-39-37(28-31)36-22-13-21-35(41(36)49-39)34-20-12-19-33-32-18-8-9-23-38(32)45(40(33)34)26-10-3-11-27-45/h1-2,4-9,12-25,28H,3,10-11,26-27H2. The SMILES string of the molecule is c1ccc(-c2nc(-c3ccccc3)nc(-c3ccc4sc5c(-c6cccc7c6C6(CCCCC6)c6ccccc6-7)cccc5c4c3)n2)cc1. The Bertz CT molecular complexity index is 2470. The van der Waals surface area contributed by atoms with E-state index in [1.165, 1.54) is 80.1 Å². The van der Waals surface area contributed by atoms with Crippen molar-refractivity contribution in [3.05, 3.63) is 151 Å². The lowest BCUT2D eigenvalue weighted by Gasteiger charge is -2.37. The summed E-state index contributed by atoms with van der Waals surface area (Å²) in [5.41, 5.74) is 11.7. The van der Waals surface area contributed by atoms with E-state index in [0.717, 1.165) is 16.7 Å². The molecule has 4 heteroatoms. The van der Waals surface area contributed by atoms with Crippen LogP contribution in [0.4, 0.5) is 0 Å². The van der Waals surface area contributed by atoms with Crippen LogP contribution in [0.3, 0.4) is 0 Å². The van der Waals surface area contributed by atoms with E-state index in [9.17, 15) is 0 Å². The van der Waals surface area contributed by atoms with Crippen LogP contribution in [0.15, 0.2) is 140 Å². The van der Waals surface area contributed by atoms with E-state index >= 15 is 0 Å². The lowest BCUT2D eigenvalue weighted by Crippen LogP contribution is -2.28. The van der Waals surface area contributed by atoms with Crippen molar-refractivity contribution < 1.29 is 0 Å². The van der Waals surface area contributed by atoms with E-state index < -0.39 is 0 Å². The largest absolute Gasteiger partial charge is 0.208 e. The molecular formula is C45H33N3S. The summed E-state index contributed by atoms with van der Waals surface area (Å²) in [6, 6.07) is 50.2. The molecule has 0 N–H and O–H groups in total. The van der Waals surface area contributed by atoms with Crippen LogP contribution in [0.2, 0.25) is 0 Å². The van der Waals surface area contributed by atoms with Gasteiger partial charge in [0.15, 0.2) is 17.5 Å². The Labute approximate surface area is 290 Å². The molecule has 2 aromatic heterocycles. The molecule has 0 aliphatic heterocycles. The van der Waals surface area contributed by atoms with Crippen LogP contribution < -0.4 is 0 Å². The lowest BCUT2D eigenvalue weighted by molar-refractivity contribution is 0.353. The molecule has 8 aromatic rings. The summed E-state index contributed by atoms with van der Waals surface area (Å²) in [5.74, 6) is 2.04. The highest BCUT2D eigenvalue weighted by Crippen LogP contribution is 2.59. The molecule has 1 spiro atoms. The summed E-state index contributed by atoms with van der Waals surface area (Å²) in [5, 5.41) is 2.52. The summed E-state index contributed by atoms with van der Waals surface area (Å²) in [6.45, 7) is 0. The molecule has 2 aliphatic carbocycles.